The maximum atomic E-state index is 5.62. The summed E-state index contributed by atoms with van der Waals surface area (Å²) in [6, 6.07) is 14.7. The smallest absolute Gasteiger partial charge is 0.191 e. The van der Waals surface area contributed by atoms with Crippen LogP contribution in [0.5, 0.6) is 5.75 Å². The van der Waals surface area contributed by atoms with Gasteiger partial charge < -0.3 is 15.4 Å². The van der Waals surface area contributed by atoms with Crippen molar-refractivity contribution in [3.63, 3.8) is 0 Å². The molecule has 0 saturated carbocycles. The van der Waals surface area contributed by atoms with E-state index in [1.807, 2.05) is 12.1 Å². The van der Waals surface area contributed by atoms with Crippen molar-refractivity contribution in [3.05, 3.63) is 60.4 Å². The van der Waals surface area contributed by atoms with Crippen LogP contribution in [0.25, 0.3) is 0 Å². The molecule has 1 atom stereocenters. The Morgan fingerprint density at radius 1 is 1.20 bits per heavy atom. The Bertz CT molecular complexity index is 616. The van der Waals surface area contributed by atoms with Gasteiger partial charge in [-0.1, -0.05) is 30.3 Å². The van der Waals surface area contributed by atoms with E-state index in [1.165, 1.54) is 5.56 Å². The Hall–Kier alpha value is -2.56. The van der Waals surface area contributed by atoms with Gasteiger partial charge in [-0.05, 0) is 44.4 Å². The molecule has 2 rings (SSSR count). The van der Waals surface area contributed by atoms with Crippen molar-refractivity contribution >= 4 is 5.96 Å². The molecular formula is C20H28N4O. The normalized spacial score (nSPS) is 12.5. The lowest BCUT2D eigenvalue weighted by Crippen LogP contribution is -2.42. The van der Waals surface area contributed by atoms with Crippen LogP contribution in [0.15, 0.2) is 59.9 Å². The molecule has 0 fully saturated rings. The number of nitrogens with one attached hydrogen (secondary N) is 2. The molecule has 0 saturated heterocycles. The molecule has 0 radical (unpaired) electrons. The molecule has 134 valence electrons. The highest BCUT2D eigenvalue weighted by atomic mass is 16.5. The standard InChI is InChI=1S/C20H28N4O/c1-3-22-20(23-14-15-25-19-10-7-13-21-16-19)24-17(2)11-12-18-8-5-4-6-9-18/h4-10,13,16-17H,3,11-12,14-15H2,1-2H3,(H2,22,23,24). The zero-order valence-corrected chi connectivity index (χ0v) is 15.1. The number of nitrogens with zero attached hydrogens (tertiary/aromatic N) is 2. The van der Waals surface area contributed by atoms with Gasteiger partial charge in [0.05, 0.1) is 12.7 Å². The number of pyridine rings is 1. The number of hydrogen-bond donors (Lipinski definition) is 2. The number of aryl methyl sites for hydroxylation is 1. The van der Waals surface area contributed by atoms with Crippen LogP contribution in [0.1, 0.15) is 25.8 Å². The summed E-state index contributed by atoms with van der Waals surface area (Å²) in [4.78, 5) is 8.60. The van der Waals surface area contributed by atoms with E-state index < -0.39 is 0 Å². The van der Waals surface area contributed by atoms with E-state index in [9.17, 15) is 0 Å². The van der Waals surface area contributed by atoms with Gasteiger partial charge in [0.15, 0.2) is 5.96 Å². The van der Waals surface area contributed by atoms with E-state index in [1.54, 1.807) is 12.4 Å². The first kappa shape index (κ1) is 18.8. The van der Waals surface area contributed by atoms with Gasteiger partial charge in [-0.2, -0.15) is 0 Å². The molecule has 0 spiro atoms. The highest BCUT2D eigenvalue weighted by molar-refractivity contribution is 5.80. The van der Waals surface area contributed by atoms with Gasteiger partial charge in [-0.25, -0.2) is 4.99 Å². The molecule has 1 aromatic carbocycles. The average Bonchev–Trinajstić information content (AvgIpc) is 2.65. The molecule has 0 aliphatic carbocycles. The summed E-state index contributed by atoms with van der Waals surface area (Å²) in [5.41, 5.74) is 1.36. The first-order chi connectivity index (χ1) is 12.3. The van der Waals surface area contributed by atoms with Crippen LogP contribution in [0.4, 0.5) is 0 Å². The lowest BCUT2D eigenvalue weighted by Gasteiger charge is -2.18. The number of ether oxygens (including phenoxy) is 1. The second kappa shape index (κ2) is 11.1. The average molecular weight is 340 g/mol. The predicted octanol–water partition coefficient (Wildman–Crippen LogP) is 3.04. The molecule has 2 N–H and O–H groups in total. The fourth-order valence-corrected chi connectivity index (χ4v) is 2.41. The molecule has 1 aromatic heterocycles. The van der Waals surface area contributed by atoms with Crippen molar-refractivity contribution in [2.24, 2.45) is 4.99 Å². The summed E-state index contributed by atoms with van der Waals surface area (Å²) < 4.78 is 5.62. The van der Waals surface area contributed by atoms with E-state index in [-0.39, 0.29) is 0 Å². The number of aromatic nitrogens is 1. The molecule has 5 nitrogen and oxygen atoms in total. The highest BCUT2D eigenvalue weighted by Gasteiger charge is 2.05. The number of guanidine groups is 1. The topological polar surface area (TPSA) is 58.5 Å². The SMILES string of the molecule is CCNC(=NCCOc1cccnc1)NC(C)CCc1ccccc1. The van der Waals surface area contributed by atoms with Crippen LogP contribution < -0.4 is 15.4 Å². The van der Waals surface area contributed by atoms with Crippen LogP contribution in [-0.2, 0) is 6.42 Å². The molecule has 2 aromatic rings. The molecule has 25 heavy (non-hydrogen) atoms. The highest BCUT2D eigenvalue weighted by Crippen LogP contribution is 2.06. The molecule has 5 heteroatoms. The van der Waals surface area contributed by atoms with Crippen LogP contribution in [0, 0.1) is 0 Å². The van der Waals surface area contributed by atoms with E-state index in [4.69, 9.17) is 4.74 Å². The zero-order chi connectivity index (χ0) is 17.7. The van der Waals surface area contributed by atoms with Gasteiger partial charge in [0.1, 0.15) is 12.4 Å². The van der Waals surface area contributed by atoms with Crippen molar-refractivity contribution in [3.8, 4) is 5.75 Å². The van der Waals surface area contributed by atoms with Crippen LogP contribution in [-0.4, -0.2) is 36.7 Å². The van der Waals surface area contributed by atoms with Gasteiger partial charge >= 0.3 is 0 Å². The Balaban J connectivity index is 1.74. The van der Waals surface area contributed by atoms with Crippen molar-refractivity contribution < 1.29 is 4.74 Å². The maximum Gasteiger partial charge on any atom is 0.191 e. The van der Waals surface area contributed by atoms with Gasteiger partial charge in [0.25, 0.3) is 0 Å². The third kappa shape index (κ3) is 7.70. The lowest BCUT2D eigenvalue weighted by atomic mass is 10.1. The number of hydrogen-bond acceptors (Lipinski definition) is 3. The van der Waals surface area contributed by atoms with Gasteiger partial charge in [-0.3, -0.25) is 4.98 Å². The van der Waals surface area contributed by atoms with E-state index in [2.05, 4.69) is 64.8 Å². The van der Waals surface area contributed by atoms with Crippen molar-refractivity contribution in [1.82, 2.24) is 15.6 Å². The van der Waals surface area contributed by atoms with E-state index in [0.717, 1.165) is 31.1 Å². The van der Waals surface area contributed by atoms with Gasteiger partial charge in [-0.15, -0.1) is 0 Å². The molecule has 1 unspecified atom stereocenters. The van der Waals surface area contributed by atoms with Crippen LogP contribution in [0.3, 0.4) is 0 Å². The summed E-state index contributed by atoms with van der Waals surface area (Å²) in [6.07, 6.45) is 5.55. The lowest BCUT2D eigenvalue weighted by molar-refractivity contribution is 0.327. The summed E-state index contributed by atoms with van der Waals surface area (Å²) in [5.74, 6) is 1.60. The largest absolute Gasteiger partial charge is 0.490 e. The summed E-state index contributed by atoms with van der Waals surface area (Å²) >= 11 is 0. The first-order valence-corrected chi connectivity index (χ1v) is 8.89. The van der Waals surface area contributed by atoms with Crippen LogP contribution in [0.2, 0.25) is 0 Å². The molecule has 1 heterocycles. The summed E-state index contributed by atoms with van der Waals surface area (Å²) in [5, 5.41) is 6.74. The molecule has 0 aliphatic heterocycles. The van der Waals surface area contributed by atoms with Gasteiger partial charge in [0, 0.05) is 18.8 Å². The molecular weight excluding hydrogens is 312 g/mol. The van der Waals surface area contributed by atoms with E-state index in [0.29, 0.717) is 19.2 Å². The first-order valence-electron chi connectivity index (χ1n) is 8.89. The van der Waals surface area contributed by atoms with Crippen LogP contribution >= 0.6 is 0 Å². The number of rotatable bonds is 9. The minimum absolute atomic E-state index is 0.345. The maximum absolute atomic E-state index is 5.62. The second-order valence-corrected chi connectivity index (χ2v) is 5.87. The fourth-order valence-electron chi connectivity index (χ4n) is 2.41. The quantitative estimate of drug-likeness (QED) is 0.418. The monoisotopic (exact) mass is 340 g/mol. The summed E-state index contributed by atoms with van der Waals surface area (Å²) in [6.45, 7) is 6.21. The Morgan fingerprint density at radius 2 is 2.04 bits per heavy atom. The Labute approximate surface area is 150 Å². The fraction of sp³-hybridized carbons (Fsp3) is 0.400. The van der Waals surface area contributed by atoms with Crippen molar-refractivity contribution in [2.45, 2.75) is 32.7 Å². The van der Waals surface area contributed by atoms with E-state index >= 15 is 0 Å². The third-order valence-corrected chi connectivity index (χ3v) is 3.70. The molecule has 0 bridgehead atoms. The molecule has 0 amide bonds. The zero-order valence-electron chi connectivity index (χ0n) is 15.1. The predicted molar refractivity (Wildman–Crippen MR) is 103 cm³/mol. The van der Waals surface area contributed by atoms with Gasteiger partial charge in [0.2, 0.25) is 0 Å². The minimum Gasteiger partial charge on any atom is -0.490 e. The Morgan fingerprint density at radius 3 is 2.76 bits per heavy atom. The number of benzene rings is 1. The van der Waals surface area contributed by atoms with Crippen molar-refractivity contribution in [2.75, 3.05) is 19.7 Å². The van der Waals surface area contributed by atoms with Crippen molar-refractivity contribution in [1.29, 1.82) is 0 Å². The summed E-state index contributed by atoms with van der Waals surface area (Å²) in [7, 11) is 0. The third-order valence-electron chi connectivity index (χ3n) is 3.70. The Kier molecular flexibility index (Phi) is 8.32. The minimum atomic E-state index is 0.345. The number of aliphatic imine (C=N–C) groups is 1. The second-order valence-electron chi connectivity index (χ2n) is 5.87. The molecule has 0 aliphatic rings.